The quantitative estimate of drug-likeness (QED) is 0.783. The van der Waals surface area contributed by atoms with Crippen molar-refractivity contribution in [1.29, 1.82) is 0 Å². The first-order chi connectivity index (χ1) is 10.4. The zero-order chi connectivity index (χ0) is 14.5. The second-order valence-corrected chi connectivity index (χ2v) is 7.83. The summed E-state index contributed by atoms with van der Waals surface area (Å²) in [5.74, 6) is 0.955. The molecule has 0 spiro atoms. The average Bonchev–Trinajstić information content (AvgIpc) is 3.21. The van der Waals surface area contributed by atoms with Gasteiger partial charge in [0.15, 0.2) is 0 Å². The SMILES string of the molecule is CCCNC(C1CCCC1)C1(N2CCCCC2)CCCC1. The van der Waals surface area contributed by atoms with Crippen LogP contribution in [0.25, 0.3) is 0 Å². The smallest absolute Gasteiger partial charge is 0.0365 e. The molecule has 3 fully saturated rings. The Hall–Kier alpha value is -0.0800. The van der Waals surface area contributed by atoms with E-state index in [4.69, 9.17) is 0 Å². The Kier molecular flexibility index (Phi) is 5.61. The normalized spacial score (nSPS) is 29.0. The zero-order valence-corrected chi connectivity index (χ0v) is 14.2. The van der Waals surface area contributed by atoms with Gasteiger partial charge >= 0.3 is 0 Å². The molecule has 0 radical (unpaired) electrons. The highest BCUT2D eigenvalue weighted by molar-refractivity contribution is 5.07. The number of likely N-dealkylation sites (tertiary alicyclic amines) is 1. The molecule has 1 saturated heterocycles. The molecule has 0 aromatic carbocycles. The first kappa shape index (κ1) is 15.8. The average molecular weight is 293 g/mol. The molecular formula is C19H36N2. The van der Waals surface area contributed by atoms with Crippen LogP contribution in [0.4, 0.5) is 0 Å². The predicted octanol–water partition coefficient (Wildman–Crippen LogP) is 4.34. The third kappa shape index (κ3) is 3.32. The molecule has 0 amide bonds. The van der Waals surface area contributed by atoms with Crippen LogP contribution in [-0.4, -0.2) is 36.1 Å². The van der Waals surface area contributed by atoms with E-state index in [1.807, 2.05) is 0 Å². The van der Waals surface area contributed by atoms with E-state index in [1.165, 1.54) is 96.7 Å². The molecule has 21 heavy (non-hydrogen) atoms. The highest BCUT2D eigenvalue weighted by atomic mass is 15.2. The van der Waals surface area contributed by atoms with Crippen LogP contribution in [0.1, 0.15) is 84.0 Å². The summed E-state index contributed by atoms with van der Waals surface area (Å²) >= 11 is 0. The minimum Gasteiger partial charge on any atom is -0.312 e. The maximum atomic E-state index is 4.05. The molecule has 2 saturated carbocycles. The van der Waals surface area contributed by atoms with Crippen molar-refractivity contribution in [3.8, 4) is 0 Å². The van der Waals surface area contributed by atoms with Crippen LogP contribution in [0, 0.1) is 5.92 Å². The summed E-state index contributed by atoms with van der Waals surface area (Å²) in [7, 11) is 0. The lowest BCUT2D eigenvalue weighted by Crippen LogP contribution is -2.63. The highest BCUT2D eigenvalue weighted by Gasteiger charge is 2.48. The minimum atomic E-state index is 0.518. The third-order valence-corrected chi connectivity index (χ3v) is 6.52. The summed E-state index contributed by atoms with van der Waals surface area (Å²) < 4.78 is 0. The second kappa shape index (κ2) is 7.46. The molecule has 2 heteroatoms. The molecule has 1 unspecified atom stereocenters. The molecular weight excluding hydrogens is 256 g/mol. The van der Waals surface area contributed by atoms with Gasteiger partial charge in [-0.1, -0.05) is 39.0 Å². The van der Waals surface area contributed by atoms with Crippen LogP contribution in [0.5, 0.6) is 0 Å². The molecule has 1 atom stereocenters. The highest BCUT2D eigenvalue weighted by Crippen LogP contribution is 2.45. The Bertz CT molecular complexity index is 297. The first-order valence-electron chi connectivity index (χ1n) is 9.85. The Labute approximate surface area is 132 Å². The van der Waals surface area contributed by atoms with Gasteiger partial charge in [0, 0.05) is 11.6 Å². The van der Waals surface area contributed by atoms with Crippen LogP contribution in [-0.2, 0) is 0 Å². The van der Waals surface area contributed by atoms with Gasteiger partial charge < -0.3 is 5.32 Å². The summed E-state index contributed by atoms with van der Waals surface area (Å²) in [5, 5.41) is 4.05. The van der Waals surface area contributed by atoms with Crippen molar-refractivity contribution in [1.82, 2.24) is 10.2 Å². The van der Waals surface area contributed by atoms with Crippen molar-refractivity contribution >= 4 is 0 Å². The molecule has 1 heterocycles. The summed E-state index contributed by atoms with van der Waals surface area (Å²) in [6.07, 6.45) is 17.4. The van der Waals surface area contributed by atoms with Gasteiger partial charge in [-0.15, -0.1) is 0 Å². The van der Waals surface area contributed by atoms with Gasteiger partial charge in [-0.3, -0.25) is 4.90 Å². The van der Waals surface area contributed by atoms with E-state index in [2.05, 4.69) is 17.1 Å². The number of hydrogen-bond donors (Lipinski definition) is 1. The first-order valence-corrected chi connectivity index (χ1v) is 9.85. The molecule has 1 aliphatic heterocycles. The molecule has 3 rings (SSSR count). The van der Waals surface area contributed by atoms with Crippen LogP contribution < -0.4 is 5.32 Å². The molecule has 0 aromatic heterocycles. The molecule has 2 aliphatic carbocycles. The van der Waals surface area contributed by atoms with Gasteiger partial charge in [-0.2, -0.15) is 0 Å². The molecule has 2 nitrogen and oxygen atoms in total. The fraction of sp³-hybridized carbons (Fsp3) is 1.00. The molecule has 1 N–H and O–H groups in total. The lowest BCUT2D eigenvalue weighted by molar-refractivity contribution is 0.0176. The number of rotatable bonds is 6. The van der Waals surface area contributed by atoms with Gasteiger partial charge in [0.1, 0.15) is 0 Å². The molecule has 3 aliphatic rings. The fourth-order valence-electron chi connectivity index (χ4n) is 5.54. The Balaban J connectivity index is 1.79. The largest absolute Gasteiger partial charge is 0.312 e. The van der Waals surface area contributed by atoms with E-state index in [0.717, 1.165) is 12.0 Å². The zero-order valence-electron chi connectivity index (χ0n) is 14.2. The molecule has 0 bridgehead atoms. The van der Waals surface area contributed by atoms with Gasteiger partial charge in [-0.25, -0.2) is 0 Å². The Morgan fingerprint density at radius 1 is 0.952 bits per heavy atom. The van der Waals surface area contributed by atoms with Crippen LogP contribution >= 0.6 is 0 Å². The van der Waals surface area contributed by atoms with E-state index in [1.54, 1.807) is 0 Å². The second-order valence-electron chi connectivity index (χ2n) is 7.83. The van der Waals surface area contributed by atoms with Crippen molar-refractivity contribution in [3.05, 3.63) is 0 Å². The van der Waals surface area contributed by atoms with Crippen LogP contribution in [0.15, 0.2) is 0 Å². The molecule has 122 valence electrons. The van der Waals surface area contributed by atoms with Crippen molar-refractivity contribution in [3.63, 3.8) is 0 Å². The standard InChI is InChI=1S/C19H36N2/c1-2-14-20-18(17-10-4-5-11-17)19(12-6-7-13-19)21-15-8-3-9-16-21/h17-18,20H,2-16H2,1H3. The van der Waals surface area contributed by atoms with Gasteiger partial charge in [0.05, 0.1) is 0 Å². The maximum Gasteiger partial charge on any atom is 0.0365 e. The predicted molar refractivity (Wildman–Crippen MR) is 90.7 cm³/mol. The third-order valence-electron chi connectivity index (χ3n) is 6.52. The number of nitrogens with one attached hydrogen (secondary N) is 1. The lowest BCUT2D eigenvalue weighted by Gasteiger charge is -2.51. The van der Waals surface area contributed by atoms with Crippen LogP contribution in [0.2, 0.25) is 0 Å². The fourth-order valence-corrected chi connectivity index (χ4v) is 5.54. The van der Waals surface area contributed by atoms with Gasteiger partial charge in [0.25, 0.3) is 0 Å². The van der Waals surface area contributed by atoms with Gasteiger partial charge in [-0.05, 0) is 70.5 Å². The Morgan fingerprint density at radius 2 is 1.62 bits per heavy atom. The monoisotopic (exact) mass is 292 g/mol. The van der Waals surface area contributed by atoms with E-state index >= 15 is 0 Å². The topological polar surface area (TPSA) is 15.3 Å². The summed E-state index contributed by atoms with van der Waals surface area (Å²) in [6.45, 7) is 6.28. The summed E-state index contributed by atoms with van der Waals surface area (Å²) in [4.78, 5) is 2.94. The maximum absolute atomic E-state index is 4.05. The summed E-state index contributed by atoms with van der Waals surface area (Å²) in [5.41, 5.74) is 0.518. The number of nitrogens with zero attached hydrogens (tertiary/aromatic N) is 1. The van der Waals surface area contributed by atoms with Crippen molar-refractivity contribution < 1.29 is 0 Å². The van der Waals surface area contributed by atoms with Crippen molar-refractivity contribution in [2.24, 2.45) is 5.92 Å². The summed E-state index contributed by atoms with van der Waals surface area (Å²) in [6, 6.07) is 0.778. The number of hydrogen-bond acceptors (Lipinski definition) is 2. The van der Waals surface area contributed by atoms with E-state index < -0.39 is 0 Å². The van der Waals surface area contributed by atoms with E-state index in [9.17, 15) is 0 Å². The van der Waals surface area contributed by atoms with E-state index in [-0.39, 0.29) is 0 Å². The van der Waals surface area contributed by atoms with Crippen molar-refractivity contribution in [2.45, 2.75) is 95.6 Å². The van der Waals surface area contributed by atoms with E-state index in [0.29, 0.717) is 5.54 Å². The molecule has 0 aromatic rings. The number of piperidine rings is 1. The van der Waals surface area contributed by atoms with Crippen LogP contribution in [0.3, 0.4) is 0 Å². The lowest BCUT2D eigenvalue weighted by atomic mass is 9.77. The van der Waals surface area contributed by atoms with Crippen molar-refractivity contribution in [2.75, 3.05) is 19.6 Å². The minimum absolute atomic E-state index is 0.518. The Morgan fingerprint density at radius 3 is 2.24 bits per heavy atom. The van der Waals surface area contributed by atoms with Gasteiger partial charge in [0.2, 0.25) is 0 Å².